The molecule has 0 aliphatic carbocycles. The summed E-state index contributed by atoms with van der Waals surface area (Å²) in [6.07, 6.45) is 30.2. The van der Waals surface area contributed by atoms with Gasteiger partial charge in [0.25, 0.3) is 0 Å². The molecule has 3 nitrogen and oxygen atoms in total. The molecular weight excluding hydrogens is 571 g/mol. The van der Waals surface area contributed by atoms with Crippen LogP contribution in [0.2, 0.25) is 0 Å². The lowest BCUT2D eigenvalue weighted by Gasteiger charge is -2.23. The Labute approximate surface area is 285 Å². The fraction of sp³-hybridized carbons (Fsp3) is 0.409. The highest BCUT2D eigenvalue weighted by Crippen LogP contribution is 2.26. The third-order valence-corrected chi connectivity index (χ3v) is 8.86. The van der Waals surface area contributed by atoms with Gasteiger partial charge in [-0.25, -0.2) is 9.97 Å². The lowest BCUT2D eigenvalue weighted by molar-refractivity contribution is 0.664. The molecule has 0 spiro atoms. The Kier molecular flexibility index (Phi) is 16.0. The quantitative estimate of drug-likeness (QED) is 0.0861. The number of hydrogen-bond donors (Lipinski definition) is 0. The number of pyridine rings is 2. The van der Waals surface area contributed by atoms with Crippen molar-refractivity contribution < 1.29 is 0 Å². The van der Waals surface area contributed by atoms with Crippen molar-refractivity contribution in [2.75, 3.05) is 11.4 Å². The average Bonchev–Trinajstić information content (AvgIpc) is 3.11. The number of benzene rings is 2. The van der Waals surface area contributed by atoms with Crippen LogP contribution in [0, 0.1) is 0 Å². The standard InChI is InChI=1S/C44H57N3/c1-4-7-10-13-16-37-18-22-39(23-19-37)26-28-41-30-32-45-43(35-41)47(34-15-12-9-6-3)44-36-42(31-33-46-44)29-27-40-24-20-38(21-25-40)17-14-11-8-5-2/h18-33,35-36H,4-17,34H2,1-3H3/b28-26+,29-27+. The molecular formula is C44H57N3. The van der Waals surface area contributed by atoms with Crippen molar-refractivity contribution in [1.82, 2.24) is 9.97 Å². The maximum atomic E-state index is 4.82. The maximum Gasteiger partial charge on any atom is 0.134 e. The summed E-state index contributed by atoms with van der Waals surface area (Å²) in [5.41, 5.74) is 7.58. The van der Waals surface area contributed by atoms with E-state index in [-0.39, 0.29) is 0 Å². The van der Waals surface area contributed by atoms with Gasteiger partial charge in [-0.1, -0.05) is 151 Å². The van der Waals surface area contributed by atoms with Crippen molar-refractivity contribution in [3.05, 3.63) is 119 Å². The van der Waals surface area contributed by atoms with Crippen LogP contribution in [0.1, 0.15) is 131 Å². The van der Waals surface area contributed by atoms with E-state index in [2.05, 4.69) is 123 Å². The summed E-state index contributed by atoms with van der Waals surface area (Å²) in [4.78, 5) is 11.9. The molecule has 4 aromatic rings. The molecule has 0 N–H and O–H groups in total. The molecule has 0 radical (unpaired) electrons. The van der Waals surface area contributed by atoms with E-state index in [1.807, 2.05) is 12.4 Å². The van der Waals surface area contributed by atoms with Crippen LogP contribution in [-0.2, 0) is 12.8 Å². The summed E-state index contributed by atoms with van der Waals surface area (Å²) in [5.74, 6) is 1.88. The van der Waals surface area contributed by atoms with Gasteiger partial charge < -0.3 is 4.90 Å². The molecule has 47 heavy (non-hydrogen) atoms. The molecule has 0 aliphatic rings. The third-order valence-electron chi connectivity index (χ3n) is 8.86. The third kappa shape index (κ3) is 13.0. The molecule has 0 atom stereocenters. The van der Waals surface area contributed by atoms with E-state index in [9.17, 15) is 0 Å². The van der Waals surface area contributed by atoms with Crippen LogP contribution in [0.5, 0.6) is 0 Å². The first kappa shape index (κ1) is 35.9. The highest BCUT2D eigenvalue weighted by molar-refractivity contribution is 5.73. The van der Waals surface area contributed by atoms with Gasteiger partial charge in [0, 0.05) is 18.9 Å². The van der Waals surface area contributed by atoms with Crippen LogP contribution >= 0.6 is 0 Å². The molecule has 2 aromatic heterocycles. The topological polar surface area (TPSA) is 29.0 Å². The molecule has 4 rings (SSSR count). The number of aryl methyl sites for hydroxylation is 2. The monoisotopic (exact) mass is 627 g/mol. The SMILES string of the molecule is CCCCCCc1ccc(/C=C/c2ccnc(N(CCCCCC)c3cc(/C=C/c4ccc(CCCCCC)cc4)ccn3)c2)cc1. The molecule has 2 aromatic carbocycles. The summed E-state index contributed by atoms with van der Waals surface area (Å²) in [7, 11) is 0. The minimum atomic E-state index is 0.889. The van der Waals surface area contributed by atoms with Crippen LogP contribution in [0.15, 0.2) is 85.2 Å². The van der Waals surface area contributed by atoms with Crippen molar-refractivity contribution in [1.29, 1.82) is 0 Å². The number of rotatable bonds is 21. The molecule has 2 heterocycles. The molecule has 0 saturated carbocycles. The Morgan fingerprint density at radius 3 is 1.28 bits per heavy atom. The second kappa shape index (κ2) is 21.0. The van der Waals surface area contributed by atoms with Crippen LogP contribution in [0.4, 0.5) is 11.6 Å². The van der Waals surface area contributed by atoms with E-state index in [4.69, 9.17) is 9.97 Å². The number of anilines is 2. The Balaban J connectivity index is 1.45. The Bertz CT molecular complexity index is 1370. The van der Waals surface area contributed by atoms with Gasteiger partial charge in [0.05, 0.1) is 0 Å². The second-order valence-corrected chi connectivity index (χ2v) is 12.9. The minimum Gasteiger partial charge on any atom is -0.311 e. The summed E-state index contributed by atoms with van der Waals surface area (Å²) in [6.45, 7) is 7.68. The molecule has 0 saturated heterocycles. The molecule has 0 fully saturated rings. The van der Waals surface area contributed by atoms with Gasteiger partial charge in [-0.3, -0.25) is 0 Å². The molecule has 0 amide bonds. The second-order valence-electron chi connectivity index (χ2n) is 12.9. The molecule has 0 unspecified atom stereocenters. The first-order valence-electron chi connectivity index (χ1n) is 18.4. The fourth-order valence-electron chi connectivity index (χ4n) is 5.90. The van der Waals surface area contributed by atoms with Gasteiger partial charge in [0.1, 0.15) is 11.6 Å². The summed E-state index contributed by atoms with van der Waals surface area (Å²) < 4.78 is 0. The molecule has 3 heteroatoms. The predicted molar refractivity (Wildman–Crippen MR) is 206 cm³/mol. The lowest BCUT2D eigenvalue weighted by atomic mass is 10.0. The maximum absolute atomic E-state index is 4.82. The molecule has 248 valence electrons. The van der Waals surface area contributed by atoms with Crippen molar-refractivity contribution in [2.24, 2.45) is 0 Å². The van der Waals surface area contributed by atoms with Gasteiger partial charge >= 0.3 is 0 Å². The van der Waals surface area contributed by atoms with Crippen LogP contribution in [0.25, 0.3) is 24.3 Å². The van der Waals surface area contributed by atoms with Crippen LogP contribution in [0.3, 0.4) is 0 Å². The van der Waals surface area contributed by atoms with Crippen molar-refractivity contribution in [3.8, 4) is 0 Å². The van der Waals surface area contributed by atoms with Crippen LogP contribution < -0.4 is 4.90 Å². The van der Waals surface area contributed by atoms with E-state index in [1.54, 1.807) is 0 Å². The summed E-state index contributed by atoms with van der Waals surface area (Å²) >= 11 is 0. The van der Waals surface area contributed by atoms with Gasteiger partial charge in [-0.15, -0.1) is 0 Å². The predicted octanol–water partition coefficient (Wildman–Crippen LogP) is 12.8. The first-order chi connectivity index (χ1) is 23.2. The normalized spacial score (nSPS) is 11.6. The summed E-state index contributed by atoms with van der Waals surface area (Å²) in [6, 6.07) is 26.6. The average molecular weight is 628 g/mol. The zero-order valence-corrected chi connectivity index (χ0v) is 29.3. The zero-order chi connectivity index (χ0) is 32.9. The largest absolute Gasteiger partial charge is 0.311 e. The van der Waals surface area contributed by atoms with Crippen molar-refractivity contribution in [2.45, 2.75) is 111 Å². The van der Waals surface area contributed by atoms with Crippen molar-refractivity contribution >= 4 is 35.9 Å². The molecule has 0 bridgehead atoms. The first-order valence-corrected chi connectivity index (χ1v) is 18.4. The Morgan fingerprint density at radius 2 is 0.851 bits per heavy atom. The van der Waals surface area contributed by atoms with E-state index in [0.717, 1.165) is 35.7 Å². The Hall–Kier alpha value is -3.98. The number of hydrogen-bond acceptors (Lipinski definition) is 3. The highest BCUT2D eigenvalue weighted by atomic mass is 15.2. The highest BCUT2D eigenvalue weighted by Gasteiger charge is 2.13. The van der Waals surface area contributed by atoms with E-state index < -0.39 is 0 Å². The van der Waals surface area contributed by atoms with Crippen LogP contribution in [-0.4, -0.2) is 16.5 Å². The molecule has 0 aliphatic heterocycles. The Morgan fingerprint density at radius 1 is 0.447 bits per heavy atom. The van der Waals surface area contributed by atoms with E-state index in [1.165, 1.54) is 106 Å². The zero-order valence-electron chi connectivity index (χ0n) is 29.3. The van der Waals surface area contributed by atoms with Gasteiger partial charge in [-0.2, -0.15) is 0 Å². The van der Waals surface area contributed by atoms with Gasteiger partial charge in [-0.05, 0) is 89.8 Å². The number of unbranched alkanes of at least 4 members (excludes halogenated alkanes) is 9. The summed E-state index contributed by atoms with van der Waals surface area (Å²) in [5, 5.41) is 0. The minimum absolute atomic E-state index is 0.889. The smallest absolute Gasteiger partial charge is 0.134 e. The fourth-order valence-corrected chi connectivity index (χ4v) is 5.90. The number of nitrogens with zero attached hydrogens (tertiary/aromatic N) is 3. The number of aromatic nitrogens is 2. The van der Waals surface area contributed by atoms with Gasteiger partial charge in [0.2, 0.25) is 0 Å². The lowest BCUT2D eigenvalue weighted by Crippen LogP contribution is -2.21. The van der Waals surface area contributed by atoms with E-state index in [0.29, 0.717) is 0 Å². The van der Waals surface area contributed by atoms with E-state index >= 15 is 0 Å². The van der Waals surface area contributed by atoms with Crippen molar-refractivity contribution in [3.63, 3.8) is 0 Å². The van der Waals surface area contributed by atoms with Gasteiger partial charge in [0.15, 0.2) is 0 Å².